The van der Waals surface area contributed by atoms with Gasteiger partial charge < -0.3 is 0 Å². The van der Waals surface area contributed by atoms with Crippen LogP contribution in [0.25, 0.3) is 0 Å². The Morgan fingerprint density at radius 2 is 1.94 bits per heavy atom. The van der Waals surface area contributed by atoms with Gasteiger partial charge in [0, 0.05) is 17.9 Å². The second-order valence-electron chi connectivity index (χ2n) is 3.05. The highest BCUT2D eigenvalue weighted by Gasteiger charge is 2.33. The van der Waals surface area contributed by atoms with Gasteiger partial charge >= 0.3 is 6.18 Å². The summed E-state index contributed by atoms with van der Waals surface area (Å²) >= 11 is 10.8. The van der Waals surface area contributed by atoms with Gasteiger partial charge in [0.15, 0.2) is 5.78 Å². The van der Waals surface area contributed by atoms with Crippen molar-refractivity contribution in [2.75, 3.05) is 5.88 Å². The summed E-state index contributed by atoms with van der Waals surface area (Å²) in [4.78, 5) is 11.3. The van der Waals surface area contributed by atoms with Crippen molar-refractivity contribution < 1.29 is 18.0 Å². The van der Waals surface area contributed by atoms with E-state index in [1.54, 1.807) is 0 Å². The Morgan fingerprint density at radius 3 is 2.38 bits per heavy atom. The Hall–Kier alpha value is -0.740. The van der Waals surface area contributed by atoms with Crippen LogP contribution in [-0.2, 0) is 6.18 Å². The Labute approximate surface area is 100 Å². The minimum Gasteiger partial charge on any atom is -0.294 e. The van der Waals surface area contributed by atoms with E-state index in [1.165, 1.54) is 0 Å². The van der Waals surface area contributed by atoms with E-state index in [1.807, 2.05) is 0 Å². The molecule has 16 heavy (non-hydrogen) atoms. The third kappa shape index (κ3) is 3.12. The van der Waals surface area contributed by atoms with E-state index in [9.17, 15) is 18.0 Å². The van der Waals surface area contributed by atoms with Gasteiger partial charge in [0.2, 0.25) is 0 Å². The van der Waals surface area contributed by atoms with E-state index in [2.05, 4.69) is 0 Å². The number of alkyl halides is 4. The number of rotatable bonds is 3. The van der Waals surface area contributed by atoms with Gasteiger partial charge in [-0.1, -0.05) is 17.7 Å². The van der Waals surface area contributed by atoms with Gasteiger partial charge in [0.05, 0.1) is 10.6 Å². The van der Waals surface area contributed by atoms with Crippen LogP contribution in [0, 0.1) is 0 Å². The molecule has 0 saturated carbocycles. The number of carbonyl (C=O) groups excluding carboxylic acids is 1. The maximum atomic E-state index is 12.3. The van der Waals surface area contributed by atoms with Crippen molar-refractivity contribution in [1.82, 2.24) is 0 Å². The topological polar surface area (TPSA) is 17.1 Å². The monoisotopic (exact) mass is 270 g/mol. The molecule has 0 saturated heterocycles. The first-order valence-corrected chi connectivity index (χ1v) is 5.23. The third-order valence-electron chi connectivity index (χ3n) is 1.92. The molecule has 0 heterocycles. The first-order chi connectivity index (χ1) is 7.36. The van der Waals surface area contributed by atoms with E-state index in [0.29, 0.717) is 0 Å². The molecule has 0 aliphatic carbocycles. The molecule has 0 fully saturated rings. The zero-order valence-corrected chi connectivity index (χ0v) is 9.46. The molecule has 1 aromatic carbocycles. The lowest BCUT2D eigenvalue weighted by Gasteiger charge is -2.09. The molecular weight excluding hydrogens is 264 g/mol. The van der Waals surface area contributed by atoms with Crippen molar-refractivity contribution in [3.05, 3.63) is 34.3 Å². The van der Waals surface area contributed by atoms with Gasteiger partial charge in [-0.3, -0.25) is 4.79 Å². The number of hydrogen-bond donors (Lipinski definition) is 0. The minimum absolute atomic E-state index is 0.0727. The summed E-state index contributed by atoms with van der Waals surface area (Å²) in [6, 6.07) is 2.91. The third-order valence-corrected chi connectivity index (χ3v) is 2.42. The Bertz CT molecular complexity index is 402. The smallest absolute Gasteiger partial charge is 0.294 e. The fraction of sp³-hybridized carbons (Fsp3) is 0.300. The summed E-state index contributed by atoms with van der Waals surface area (Å²) in [6.45, 7) is 0. The molecule has 0 amide bonds. The highest BCUT2D eigenvalue weighted by molar-refractivity contribution is 6.31. The number of ketones is 1. The quantitative estimate of drug-likeness (QED) is 0.595. The molecule has 6 heteroatoms. The highest BCUT2D eigenvalue weighted by atomic mass is 35.5. The van der Waals surface area contributed by atoms with Crippen molar-refractivity contribution in [2.45, 2.75) is 12.6 Å². The minimum atomic E-state index is -4.51. The van der Waals surface area contributed by atoms with Crippen molar-refractivity contribution in [3.63, 3.8) is 0 Å². The van der Waals surface area contributed by atoms with E-state index in [-0.39, 0.29) is 23.6 Å². The zero-order valence-electron chi connectivity index (χ0n) is 7.94. The van der Waals surface area contributed by atoms with Crippen LogP contribution in [0.2, 0.25) is 5.02 Å². The van der Waals surface area contributed by atoms with Crippen molar-refractivity contribution in [2.24, 2.45) is 0 Å². The predicted octanol–water partition coefficient (Wildman–Crippen LogP) is 4.17. The molecule has 0 unspecified atom stereocenters. The summed E-state index contributed by atoms with van der Waals surface area (Å²) in [5.74, 6) is -0.206. The second kappa shape index (κ2) is 5.06. The Morgan fingerprint density at radius 1 is 1.31 bits per heavy atom. The Kier molecular flexibility index (Phi) is 4.21. The molecule has 0 radical (unpaired) electrons. The molecule has 1 aromatic rings. The maximum Gasteiger partial charge on any atom is 0.417 e. The largest absolute Gasteiger partial charge is 0.417 e. The normalized spacial score (nSPS) is 11.6. The van der Waals surface area contributed by atoms with Crippen molar-refractivity contribution in [3.8, 4) is 0 Å². The number of benzene rings is 1. The number of carbonyl (C=O) groups is 1. The summed E-state index contributed by atoms with van der Waals surface area (Å²) in [6.07, 6.45) is -4.44. The van der Waals surface area contributed by atoms with Crippen LogP contribution in [0.5, 0.6) is 0 Å². The lowest BCUT2D eigenvalue weighted by molar-refractivity contribution is -0.137. The van der Waals surface area contributed by atoms with E-state index < -0.39 is 16.8 Å². The molecular formula is C10H7Cl2F3O. The van der Waals surface area contributed by atoms with E-state index >= 15 is 0 Å². The fourth-order valence-electron chi connectivity index (χ4n) is 1.15. The second-order valence-corrected chi connectivity index (χ2v) is 3.84. The molecule has 1 nitrogen and oxygen atoms in total. The number of Topliss-reactive ketones (excluding diaryl/α,β-unsaturated/α-hetero) is 1. The average molecular weight is 271 g/mol. The zero-order chi connectivity index (χ0) is 12.3. The van der Waals surface area contributed by atoms with Crippen LogP contribution in [0.1, 0.15) is 22.3 Å². The van der Waals surface area contributed by atoms with Gasteiger partial charge in [-0.2, -0.15) is 13.2 Å². The Balaban J connectivity index is 3.05. The van der Waals surface area contributed by atoms with Crippen LogP contribution in [0.4, 0.5) is 13.2 Å². The lowest BCUT2D eigenvalue weighted by atomic mass is 10.1. The summed E-state index contributed by atoms with van der Waals surface area (Å²) in [5, 5.41) is -0.479. The molecule has 0 atom stereocenters. The predicted molar refractivity (Wildman–Crippen MR) is 56.1 cm³/mol. The van der Waals surface area contributed by atoms with E-state index in [0.717, 1.165) is 18.2 Å². The molecule has 0 N–H and O–H groups in total. The molecule has 0 aliphatic heterocycles. The highest BCUT2D eigenvalue weighted by Crippen LogP contribution is 2.35. The number of hydrogen-bond acceptors (Lipinski definition) is 1. The van der Waals surface area contributed by atoms with Gasteiger partial charge in [0.25, 0.3) is 0 Å². The van der Waals surface area contributed by atoms with Crippen molar-refractivity contribution in [1.29, 1.82) is 0 Å². The molecule has 0 spiro atoms. The molecule has 88 valence electrons. The SMILES string of the molecule is O=C(CCCl)c1ccc(C(F)(F)F)c(Cl)c1. The molecule has 0 bridgehead atoms. The number of halogens is 5. The lowest BCUT2D eigenvalue weighted by Crippen LogP contribution is -2.07. The van der Waals surface area contributed by atoms with Gasteiger partial charge in [-0.25, -0.2) is 0 Å². The molecule has 0 aliphatic rings. The van der Waals surface area contributed by atoms with Gasteiger partial charge in [-0.05, 0) is 12.1 Å². The fourth-order valence-corrected chi connectivity index (χ4v) is 1.61. The first kappa shape index (κ1) is 13.3. The standard InChI is InChI=1S/C10H7Cl2F3O/c11-4-3-9(16)6-1-2-7(8(12)5-6)10(13,14)15/h1-2,5H,3-4H2. The van der Waals surface area contributed by atoms with Gasteiger partial charge in [0.1, 0.15) is 0 Å². The summed E-state index contributed by atoms with van der Waals surface area (Å²) in [5.41, 5.74) is -0.810. The van der Waals surface area contributed by atoms with Crippen LogP contribution in [-0.4, -0.2) is 11.7 Å². The van der Waals surface area contributed by atoms with E-state index in [4.69, 9.17) is 23.2 Å². The van der Waals surface area contributed by atoms with Crippen molar-refractivity contribution >= 4 is 29.0 Å². The summed E-state index contributed by atoms with van der Waals surface area (Å²) in [7, 11) is 0. The van der Waals surface area contributed by atoms with Crippen LogP contribution < -0.4 is 0 Å². The molecule has 0 aromatic heterocycles. The van der Waals surface area contributed by atoms with Crippen LogP contribution in [0.3, 0.4) is 0 Å². The summed E-state index contributed by atoms with van der Waals surface area (Å²) < 4.78 is 37.0. The first-order valence-electron chi connectivity index (χ1n) is 4.32. The average Bonchev–Trinajstić information content (AvgIpc) is 2.16. The maximum absolute atomic E-state index is 12.3. The van der Waals surface area contributed by atoms with Crippen LogP contribution >= 0.6 is 23.2 Å². The molecule has 1 rings (SSSR count). The van der Waals surface area contributed by atoms with Crippen LogP contribution in [0.15, 0.2) is 18.2 Å². The van der Waals surface area contributed by atoms with Gasteiger partial charge in [-0.15, -0.1) is 11.6 Å².